The molecule has 0 radical (unpaired) electrons. The monoisotopic (exact) mass is 176 g/mol. The van der Waals surface area contributed by atoms with Gasteiger partial charge in [-0.25, -0.2) is 0 Å². The predicted molar refractivity (Wildman–Crippen MR) is 40.5 cm³/mol. The van der Waals surface area contributed by atoms with Crippen molar-refractivity contribution >= 4 is 31.0 Å². The van der Waals surface area contributed by atoms with Crippen molar-refractivity contribution in [2.45, 2.75) is 0 Å². The number of tetrazole rings is 1. The smallest absolute Gasteiger partial charge is 0.249 e. The molecule has 3 N–H and O–H groups in total. The Labute approximate surface area is 66.7 Å². The van der Waals surface area contributed by atoms with E-state index in [-0.39, 0.29) is 10.7 Å². The Morgan fingerprint density at radius 1 is 1.80 bits per heavy atom. The first kappa shape index (κ1) is 7.22. The van der Waals surface area contributed by atoms with Crippen molar-refractivity contribution in [3.05, 3.63) is 4.77 Å². The average molecular weight is 176 g/mol. The second kappa shape index (κ2) is 2.39. The van der Waals surface area contributed by atoms with Gasteiger partial charge in [-0.1, -0.05) is 5.10 Å². The molecule has 0 aliphatic rings. The molecule has 0 unspecified atom stereocenters. The molecule has 0 atom stereocenters. The summed E-state index contributed by atoms with van der Waals surface area (Å²) in [7, 11) is 0. The molecule has 0 aromatic carbocycles. The normalized spacial score (nSPS) is 9.70. The molecular formula is C2H4N6S2. The number of hydrogen-bond donors (Lipinski definition) is 3. The molecule has 6 nitrogen and oxygen atoms in total. The van der Waals surface area contributed by atoms with Crippen LogP contribution in [0.5, 0.6) is 0 Å². The molecule has 0 aliphatic heterocycles. The molecule has 0 amide bonds. The fourth-order valence-corrected chi connectivity index (χ4v) is 0.676. The molecule has 54 valence electrons. The van der Waals surface area contributed by atoms with Crippen molar-refractivity contribution in [1.82, 2.24) is 19.2 Å². The number of hydrogen-bond acceptors (Lipinski definition) is 5. The minimum absolute atomic E-state index is 0.165. The van der Waals surface area contributed by atoms with E-state index in [9.17, 15) is 0 Å². The Morgan fingerprint density at radius 3 is 2.60 bits per heavy atom. The topological polar surface area (TPSA) is 85.5 Å². The van der Waals surface area contributed by atoms with Crippen molar-refractivity contribution in [2.24, 2.45) is 5.73 Å². The number of rotatable bonds is 0. The first-order valence-electron chi connectivity index (χ1n) is 2.21. The van der Waals surface area contributed by atoms with Gasteiger partial charge in [0.05, 0.1) is 0 Å². The molecule has 0 aliphatic carbocycles. The Morgan fingerprint density at radius 2 is 2.40 bits per heavy atom. The molecule has 0 spiro atoms. The summed E-state index contributed by atoms with van der Waals surface area (Å²) >= 11 is 8.46. The third-order valence-corrected chi connectivity index (χ3v) is 1.53. The zero-order chi connectivity index (χ0) is 7.72. The third-order valence-electron chi connectivity index (χ3n) is 0.781. The quantitative estimate of drug-likeness (QED) is 0.210. The van der Waals surface area contributed by atoms with Crippen LogP contribution in [0.15, 0.2) is 0 Å². The van der Waals surface area contributed by atoms with E-state index in [1.807, 2.05) is 0 Å². The molecule has 1 heterocycles. The summed E-state index contributed by atoms with van der Waals surface area (Å²) in [4.78, 5) is 0.964. The molecule has 10 heavy (non-hydrogen) atoms. The van der Waals surface area contributed by atoms with Crippen LogP contribution in [0.4, 0.5) is 0 Å². The molecule has 1 rings (SSSR count). The van der Waals surface area contributed by atoms with Crippen molar-refractivity contribution < 1.29 is 0 Å². The Kier molecular flexibility index (Phi) is 1.72. The number of nitrogens with one attached hydrogen (secondary N) is 1. The van der Waals surface area contributed by atoms with E-state index in [1.54, 1.807) is 0 Å². The van der Waals surface area contributed by atoms with E-state index in [0.717, 1.165) is 8.88 Å². The number of aromatic nitrogens is 4. The molecule has 0 bridgehead atoms. The van der Waals surface area contributed by atoms with E-state index < -0.39 is 0 Å². The standard InChI is InChI=1S/C2H4N6S2/c3-1(4)7-6-5-2(9)8(7)10/h10H,(H3,3,4). The SMILES string of the molecule is N=C(N)n1nnc(=S)n1S. The third kappa shape index (κ3) is 1.02. The van der Waals surface area contributed by atoms with Crippen LogP contribution in [0.1, 0.15) is 0 Å². The molecule has 0 saturated heterocycles. The fourth-order valence-electron chi connectivity index (χ4n) is 0.390. The Hall–Kier alpha value is -0.890. The van der Waals surface area contributed by atoms with Crippen LogP contribution in [-0.2, 0) is 0 Å². The maximum Gasteiger partial charge on any atom is 0.249 e. The largest absolute Gasteiger partial charge is 0.367 e. The average Bonchev–Trinajstić information content (AvgIpc) is 2.14. The van der Waals surface area contributed by atoms with Crippen LogP contribution in [-0.4, -0.2) is 25.2 Å². The summed E-state index contributed by atoms with van der Waals surface area (Å²) in [5.41, 5.74) is 5.06. The molecule has 0 saturated carbocycles. The van der Waals surface area contributed by atoms with Gasteiger partial charge in [-0.2, -0.15) is 4.09 Å². The van der Waals surface area contributed by atoms with E-state index in [1.165, 1.54) is 0 Å². The highest BCUT2D eigenvalue weighted by molar-refractivity contribution is 7.79. The highest BCUT2D eigenvalue weighted by Gasteiger charge is 2.00. The second-order valence-electron chi connectivity index (χ2n) is 1.44. The lowest BCUT2D eigenvalue weighted by Gasteiger charge is -1.96. The molecule has 1 aromatic rings. The van der Waals surface area contributed by atoms with Crippen LogP contribution in [0.2, 0.25) is 0 Å². The van der Waals surface area contributed by atoms with Crippen molar-refractivity contribution in [1.29, 1.82) is 5.41 Å². The first-order chi connectivity index (χ1) is 4.63. The Bertz CT molecular complexity index is 308. The van der Waals surface area contributed by atoms with Gasteiger partial charge in [-0.3, -0.25) is 5.41 Å². The van der Waals surface area contributed by atoms with Gasteiger partial charge in [0.2, 0.25) is 10.7 Å². The summed E-state index contributed by atoms with van der Waals surface area (Å²) in [6, 6.07) is 0. The summed E-state index contributed by atoms with van der Waals surface area (Å²) in [5.74, 6) is -0.279. The number of thiol groups is 1. The fraction of sp³-hybridized carbons (Fsp3) is 0. The van der Waals surface area contributed by atoms with Gasteiger partial charge in [-0.15, -0.1) is 4.80 Å². The lowest BCUT2D eigenvalue weighted by Crippen LogP contribution is -2.25. The van der Waals surface area contributed by atoms with Crippen LogP contribution in [0.3, 0.4) is 0 Å². The van der Waals surface area contributed by atoms with Crippen molar-refractivity contribution in [3.8, 4) is 0 Å². The van der Waals surface area contributed by atoms with Crippen LogP contribution < -0.4 is 5.73 Å². The van der Waals surface area contributed by atoms with Crippen molar-refractivity contribution in [3.63, 3.8) is 0 Å². The van der Waals surface area contributed by atoms with E-state index in [0.29, 0.717) is 0 Å². The van der Waals surface area contributed by atoms with E-state index in [2.05, 4.69) is 35.3 Å². The van der Waals surface area contributed by atoms with E-state index >= 15 is 0 Å². The van der Waals surface area contributed by atoms with Gasteiger partial charge in [0.1, 0.15) is 0 Å². The van der Waals surface area contributed by atoms with Crippen LogP contribution in [0, 0.1) is 10.2 Å². The zero-order valence-corrected chi connectivity index (χ0v) is 6.43. The molecule has 1 aromatic heterocycles. The van der Waals surface area contributed by atoms with Gasteiger partial charge < -0.3 is 5.73 Å². The zero-order valence-electron chi connectivity index (χ0n) is 4.72. The summed E-state index contributed by atoms with van der Waals surface area (Å²) < 4.78 is 1.26. The van der Waals surface area contributed by atoms with Crippen molar-refractivity contribution in [2.75, 3.05) is 0 Å². The predicted octanol–water partition coefficient (Wildman–Crippen LogP) is -0.756. The minimum atomic E-state index is -0.279. The maximum absolute atomic E-state index is 6.91. The number of nitrogen functional groups attached to an aromatic ring is 1. The van der Waals surface area contributed by atoms with Gasteiger partial charge >= 0.3 is 0 Å². The Balaban J connectivity index is 3.31. The van der Waals surface area contributed by atoms with Gasteiger partial charge in [0.25, 0.3) is 0 Å². The van der Waals surface area contributed by atoms with Crippen LogP contribution in [0.25, 0.3) is 0 Å². The lowest BCUT2D eigenvalue weighted by atomic mass is 11.1. The summed E-state index contributed by atoms with van der Waals surface area (Å²) in [6.07, 6.45) is 0. The van der Waals surface area contributed by atoms with Gasteiger partial charge in [0.15, 0.2) is 0 Å². The number of nitrogens with zero attached hydrogens (tertiary/aromatic N) is 4. The highest BCUT2D eigenvalue weighted by Crippen LogP contribution is 1.88. The molecule has 8 heteroatoms. The van der Waals surface area contributed by atoms with Gasteiger partial charge in [0, 0.05) is 0 Å². The molecular weight excluding hydrogens is 172 g/mol. The highest BCUT2D eigenvalue weighted by atomic mass is 32.1. The summed E-state index contributed by atoms with van der Waals surface area (Å²) in [5, 5.41) is 13.8. The van der Waals surface area contributed by atoms with Crippen LogP contribution >= 0.6 is 25.0 Å². The maximum atomic E-state index is 6.91. The second-order valence-corrected chi connectivity index (χ2v) is 2.18. The summed E-state index contributed by atoms with van der Waals surface area (Å²) in [6.45, 7) is 0. The van der Waals surface area contributed by atoms with E-state index in [4.69, 9.17) is 11.1 Å². The van der Waals surface area contributed by atoms with Gasteiger partial charge in [-0.05, 0) is 30.2 Å². The first-order valence-corrected chi connectivity index (χ1v) is 3.02. The lowest BCUT2D eigenvalue weighted by molar-refractivity contribution is 0.723. The molecule has 0 fully saturated rings. The number of nitrogens with two attached hydrogens (primary N) is 1. The minimum Gasteiger partial charge on any atom is -0.367 e.